The van der Waals surface area contributed by atoms with Crippen molar-refractivity contribution in [2.24, 2.45) is 5.10 Å². The van der Waals surface area contributed by atoms with Crippen LogP contribution < -0.4 is 30.3 Å². The second-order valence-corrected chi connectivity index (χ2v) is 11.1. The van der Waals surface area contributed by atoms with E-state index in [4.69, 9.17) is 35.8 Å². The third-order valence-corrected chi connectivity index (χ3v) is 7.41. The molecule has 2 atom stereocenters. The molecular formula is C32H31BrClN5O7. The van der Waals surface area contributed by atoms with Gasteiger partial charge < -0.3 is 34.7 Å². The van der Waals surface area contributed by atoms with Gasteiger partial charge in [-0.05, 0) is 77.3 Å². The Morgan fingerprint density at radius 3 is 2.63 bits per heavy atom. The predicted molar refractivity (Wildman–Crippen MR) is 174 cm³/mol. The highest BCUT2D eigenvalue weighted by molar-refractivity contribution is 9.10. The summed E-state index contributed by atoms with van der Waals surface area (Å²) in [5.74, 6) is 0.571. The van der Waals surface area contributed by atoms with Gasteiger partial charge in [0.25, 0.3) is 0 Å². The summed E-state index contributed by atoms with van der Waals surface area (Å²) in [4.78, 5) is 24.6. The van der Waals surface area contributed by atoms with Crippen LogP contribution in [-0.4, -0.2) is 49.9 Å². The van der Waals surface area contributed by atoms with Crippen molar-refractivity contribution in [1.82, 2.24) is 16.1 Å². The van der Waals surface area contributed by atoms with Crippen LogP contribution >= 0.6 is 27.5 Å². The van der Waals surface area contributed by atoms with Gasteiger partial charge in [0, 0.05) is 16.3 Å². The van der Waals surface area contributed by atoms with E-state index in [2.05, 4.69) is 43.2 Å². The summed E-state index contributed by atoms with van der Waals surface area (Å²) in [7, 11) is 1.27. The molecule has 1 heterocycles. The lowest BCUT2D eigenvalue weighted by Gasteiger charge is -2.28. The van der Waals surface area contributed by atoms with E-state index in [1.165, 1.54) is 13.3 Å². The van der Waals surface area contributed by atoms with Crippen LogP contribution in [0.25, 0.3) is 0 Å². The average molecular weight is 713 g/mol. The number of amides is 2. The van der Waals surface area contributed by atoms with E-state index in [1.54, 1.807) is 68.4 Å². The molecule has 3 aromatic carbocycles. The number of nitriles is 1. The Morgan fingerprint density at radius 2 is 1.93 bits per heavy atom. The number of hydrogen-bond acceptors (Lipinski definition) is 10. The second-order valence-electron chi connectivity index (χ2n) is 9.82. The number of aliphatic hydroxyl groups is 1. The van der Waals surface area contributed by atoms with E-state index >= 15 is 0 Å². The number of hydrazone groups is 1. The van der Waals surface area contributed by atoms with Gasteiger partial charge in [-0.1, -0.05) is 29.8 Å². The van der Waals surface area contributed by atoms with Crippen molar-refractivity contribution in [3.05, 3.63) is 97.6 Å². The number of halogens is 2. The fraction of sp³-hybridized carbons (Fsp3) is 0.250. The third kappa shape index (κ3) is 8.69. The fourth-order valence-electron chi connectivity index (χ4n) is 4.47. The van der Waals surface area contributed by atoms with Crippen LogP contribution in [0.3, 0.4) is 0 Å². The zero-order chi connectivity index (χ0) is 33.2. The number of nitrogens with one attached hydrogen (secondary N) is 3. The van der Waals surface area contributed by atoms with Gasteiger partial charge in [-0.15, -0.1) is 0 Å². The molecule has 2 amide bonds. The van der Waals surface area contributed by atoms with Crippen LogP contribution in [0.2, 0.25) is 5.02 Å². The smallest absolute Gasteiger partial charge is 0.337 e. The van der Waals surface area contributed by atoms with E-state index < -0.39 is 24.3 Å². The normalized spacial score (nSPS) is 15.0. The Kier molecular flexibility index (Phi) is 11.9. The molecule has 0 aliphatic carbocycles. The Balaban J connectivity index is 1.42. The molecule has 0 bridgehead atoms. The summed E-state index contributed by atoms with van der Waals surface area (Å²) in [5.41, 5.74) is 5.77. The Labute approximate surface area is 279 Å². The molecule has 1 aliphatic rings. The summed E-state index contributed by atoms with van der Waals surface area (Å²) < 4.78 is 23.1. The van der Waals surface area contributed by atoms with Crippen LogP contribution in [-0.2, 0) is 16.1 Å². The topological polar surface area (TPSA) is 164 Å². The van der Waals surface area contributed by atoms with Crippen molar-refractivity contribution in [3.8, 4) is 23.3 Å². The SMILES string of the molecule is CCOc1cc([C@H]2NC(=O)NC(C)=C2C(=O)OC)ccc1OC[C@@H](O)N/N=C/c1cc(Cl)cc(Br)c1OCc1ccc(C#N)cc1. The number of ether oxygens (including phenoxy) is 4. The Hall–Kier alpha value is -4.77. The summed E-state index contributed by atoms with van der Waals surface area (Å²) in [6.07, 6.45) is 0.243. The number of urea groups is 1. The van der Waals surface area contributed by atoms with Crippen LogP contribution in [0.4, 0.5) is 4.79 Å². The van der Waals surface area contributed by atoms with Gasteiger partial charge in [-0.25, -0.2) is 9.59 Å². The molecule has 0 unspecified atom stereocenters. The Morgan fingerprint density at radius 1 is 1.17 bits per heavy atom. The van der Waals surface area contributed by atoms with E-state index in [0.717, 1.165) is 5.56 Å². The maximum absolute atomic E-state index is 12.5. The number of nitrogens with zero attached hydrogens (tertiary/aromatic N) is 2. The van der Waals surface area contributed by atoms with Crippen molar-refractivity contribution in [2.45, 2.75) is 32.7 Å². The summed E-state index contributed by atoms with van der Waals surface area (Å²) in [6, 6.07) is 16.2. The van der Waals surface area contributed by atoms with Crippen LogP contribution in [0.15, 0.2) is 75.4 Å². The molecule has 3 aromatic rings. The van der Waals surface area contributed by atoms with Crippen molar-refractivity contribution < 1.29 is 33.6 Å². The third-order valence-electron chi connectivity index (χ3n) is 6.60. The van der Waals surface area contributed by atoms with Crippen molar-refractivity contribution in [3.63, 3.8) is 0 Å². The van der Waals surface area contributed by atoms with Crippen LogP contribution in [0.5, 0.6) is 17.2 Å². The zero-order valence-electron chi connectivity index (χ0n) is 25.1. The Bertz CT molecular complexity index is 1690. The highest BCUT2D eigenvalue weighted by Crippen LogP contribution is 2.35. The van der Waals surface area contributed by atoms with Gasteiger partial charge in [0.1, 0.15) is 19.0 Å². The second kappa shape index (κ2) is 16.0. The molecule has 0 fully saturated rings. The first kappa shape index (κ1) is 34.1. The molecule has 46 heavy (non-hydrogen) atoms. The first-order valence-corrected chi connectivity index (χ1v) is 15.1. The van der Waals surface area contributed by atoms with Gasteiger partial charge in [-0.3, -0.25) is 5.43 Å². The minimum atomic E-state index is -1.21. The fourth-order valence-corrected chi connectivity index (χ4v) is 5.42. The summed E-state index contributed by atoms with van der Waals surface area (Å²) in [6.45, 7) is 3.77. The van der Waals surface area contributed by atoms with Crippen LogP contribution in [0, 0.1) is 11.3 Å². The number of rotatable bonds is 13. The number of esters is 1. The molecule has 240 valence electrons. The van der Waals surface area contributed by atoms with E-state index in [0.29, 0.717) is 55.7 Å². The van der Waals surface area contributed by atoms with Gasteiger partial charge in [-0.2, -0.15) is 10.4 Å². The standard InChI is InChI=1S/C32H31BrClN5O7/c1-4-44-26-12-21(29-28(31(41)43-3)18(2)37-32(42)38-29)9-10-25(26)45-17-27(40)39-36-15-22-11-23(34)13-24(33)30(22)46-16-20-7-5-19(14-35)6-8-20/h5-13,15,27,29,39-40H,4,16-17H2,1-3H3,(H2,37,38,42)/b36-15+/t27-,29-/m1/s1. The monoisotopic (exact) mass is 711 g/mol. The minimum Gasteiger partial charge on any atom is -0.490 e. The van der Waals surface area contributed by atoms with Crippen molar-refractivity contribution >= 4 is 45.7 Å². The zero-order valence-corrected chi connectivity index (χ0v) is 27.4. The number of hydrogen-bond donors (Lipinski definition) is 4. The molecule has 0 saturated carbocycles. The highest BCUT2D eigenvalue weighted by Gasteiger charge is 2.32. The molecule has 4 rings (SSSR count). The minimum absolute atomic E-state index is 0.200. The summed E-state index contributed by atoms with van der Waals surface area (Å²) >= 11 is 9.72. The molecule has 0 radical (unpaired) electrons. The van der Waals surface area contributed by atoms with Gasteiger partial charge in [0.2, 0.25) is 0 Å². The summed E-state index contributed by atoms with van der Waals surface area (Å²) in [5, 5.41) is 29.4. The molecule has 0 aromatic heterocycles. The molecular weight excluding hydrogens is 682 g/mol. The highest BCUT2D eigenvalue weighted by atomic mass is 79.9. The number of aliphatic hydroxyl groups excluding tert-OH is 1. The number of methoxy groups -OCH3 is 1. The lowest BCUT2D eigenvalue weighted by atomic mass is 9.95. The van der Waals surface area contributed by atoms with Gasteiger partial charge >= 0.3 is 12.0 Å². The lowest BCUT2D eigenvalue weighted by molar-refractivity contribution is -0.136. The number of carbonyl (C=O) groups excluding carboxylic acids is 2. The van der Waals surface area contributed by atoms with Crippen molar-refractivity contribution in [1.29, 1.82) is 5.26 Å². The quantitative estimate of drug-likeness (QED) is 0.0820. The predicted octanol–water partition coefficient (Wildman–Crippen LogP) is 5.07. The number of benzene rings is 3. The average Bonchev–Trinajstić information content (AvgIpc) is 3.03. The molecule has 14 heteroatoms. The van der Waals surface area contributed by atoms with E-state index in [1.807, 2.05) is 0 Å². The number of allylic oxidation sites excluding steroid dienone is 1. The van der Waals surface area contributed by atoms with E-state index in [9.17, 15) is 14.7 Å². The largest absolute Gasteiger partial charge is 0.490 e. The van der Waals surface area contributed by atoms with Crippen molar-refractivity contribution in [2.75, 3.05) is 20.3 Å². The molecule has 4 N–H and O–H groups in total. The van der Waals surface area contributed by atoms with E-state index in [-0.39, 0.29) is 18.8 Å². The maximum Gasteiger partial charge on any atom is 0.337 e. The maximum atomic E-state index is 12.5. The molecule has 0 spiro atoms. The first-order valence-electron chi connectivity index (χ1n) is 14.0. The lowest BCUT2D eigenvalue weighted by Crippen LogP contribution is -2.45. The van der Waals surface area contributed by atoms with Gasteiger partial charge in [0.15, 0.2) is 17.7 Å². The first-order chi connectivity index (χ1) is 22.1. The molecule has 0 saturated heterocycles. The number of carbonyl (C=O) groups is 2. The molecule has 12 nitrogen and oxygen atoms in total. The van der Waals surface area contributed by atoms with Crippen LogP contribution in [0.1, 0.15) is 42.1 Å². The molecule has 1 aliphatic heterocycles. The van der Waals surface area contributed by atoms with Gasteiger partial charge in [0.05, 0.1) is 47.7 Å².